The second kappa shape index (κ2) is 6.26. The fourth-order valence-corrected chi connectivity index (χ4v) is 0.752. The number of hydrogen-bond donors (Lipinski definition) is 2. The van der Waals surface area contributed by atoms with Crippen LogP contribution in [0.2, 0.25) is 0 Å². The molecule has 0 rings (SSSR count). The Balaban J connectivity index is 3.70. The molecule has 0 spiro atoms. The van der Waals surface area contributed by atoms with Gasteiger partial charge in [0.1, 0.15) is 6.10 Å². The molecule has 0 heterocycles. The van der Waals surface area contributed by atoms with E-state index in [1.54, 1.807) is 6.92 Å². The molecule has 0 aliphatic heterocycles. The minimum Gasteiger partial charge on any atom is -0.385 e. The number of rotatable bonds is 5. The van der Waals surface area contributed by atoms with E-state index in [-0.39, 0.29) is 5.91 Å². The highest BCUT2D eigenvalue weighted by Crippen LogP contribution is 2.04. The third-order valence-electron chi connectivity index (χ3n) is 1.42. The smallest absolute Gasteiger partial charge is 0.265 e. The zero-order chi connectivity index (χ0) is 10.4. The van der Waals surface area contributed by atoms with Crippen LogP contribution in [-0.4, -0.2) is 34.9 Å². The second-order valence-electron chi connectivity index (χ2n) is 2.52. The van der Waals surface area contributed by atoms with Crippen LogP contribution < -0.4 is 5.32 Å². The number of alkyl halides is 3. The summed E-state index contributed by atoms with van der Waals surface area (Å²) in [6.07, 6.45) is -4.05. The van der Waals surface area contributed by atoms with Crippen molar-refractivity contribution in [2.45, 2.75) is 30.7 Å². The van der Waals surface area contributed by atoms with E-state index in [9.17, 15) is 13.6 Å². The maximum absolute atomic E-state index is 11.7. The molecule has 0 bridgehead atoms. The van der Waals surface area contributed by atoms with Gasteiger partial charge < -0.3 is 10.4 Å². The van der Waals surface area contributed by atoms with Crippen molar-refractivity contribution in [3.63, 3.8) is 0 Å². The number of amides is 1. The number of carbonyl (C=O) groups is 1. The van der Waals surface area contributed by atoms with Crippen LogP contribution in [0.15, 0.2) is 0 Å². The van der Waals surface area contributed by atoms with E-state index in [0.717, 1.165) is 0 Å². The summed E-state index contributed by atoms with van der Waals surface area (Å²) in [6.45, 7) is 1.36. The second-order valence-corrected chi connectivity index (χ2v) is 3.63. The quantitative estimate of drug-likeness (QED) is 0.721. The van der Waals surface area contributed by atoms with E-state index in [0.29, 0.717) is 6.42 Å². The molecular formula is C7H12BrF2NO2. The fourth-order valence-electron chi connectivity index (χ4n) is 0.590. The lowest BCUT2D eigenvalue weighted by Crippen LogP contribution is -2.39. The average Bonchev–Trinajstić information content (AvgIpc) is 2.11. The normalized spacial score (nSPS) is 15.5. The lowest BCUT2D eigenvalue weighted by atomic mass is 10.3. The third-order valence-corrected chi connectivity index (χ3v) is 2.48. The van der Waals surface area contributed by atoms with Crippen LogP contribution >= 0.6 is 15.9 Å². The number of aliphatic hydroxyl groups is 1. The third kappa shape index (κ3) is 5.15. The highest BCUT2D eigenvalue weighted by atomic mass is 79.9. The largest absolute Gasteiger partial charge is 0.385 e. The molecule has 0 fully saturated rings. The maximum Gasteiger partial charge on any atom is 0.265 e. The van der Waals surface area contributed by atoms with Crippen molar-refractivity contribution in [2.75, 3.05) is 6.54 Å². The van der Waals surface area contributed by atoms with Crippen LogP contribution in [0.25, 0.3) is 0 Å². The number of halogens is 3. The molecule has 6 heteroatoms. The number of hydrogen-bond acceptors (Lipinski definition) is 2. The van der Waals surface area contributed by atoms with E-state index in [4.69, 9.17) is 5.11 Å². The summed E-state index contributed by atoms with van der Waals surface area (Å²) in [7, 11) is 0. The number of aliphatic hydroxyl groups excluding tert-OH is 1. The Bertz CT molecular complexity index is 169. The van der Waals surface area contributed by atoms with E-state index >= 15 is 0 Å². The molecule has 2 N–H and O–H groups in total. The SMILES string of the molecule is CCC(Br)C(=O)NCC(O)C(F)F. The van der Waals surface area contributed by atoms with Gasteiger partial charge in [0.25, 0.3) is 6.43 Å². The van der Waals surface area contributed by atoms with Gasteiger partial charge in [-0.1, -0.05) is 22.9 Å². The average molecular weight is 260 g/mol. The van der Waals surface area contributed by atoms with Crippen LogP contribution in [0.1, 0.15) is 13.3 Å². The summed E-state index contributed by atoms with van der Waals surface area (Å²) < 4.78 is 23.5. The van der Waals surface area contributed by atoms with Gasteiger partial charge in [-0.2, -0.15) is 0 Å². The van der Waals surface area contributed by atoms with Crippen molar-refractivity contribution < 1.29 is 18.7 Å². The molecular weight excluding hydrogens is 248 g/mol. The van der Waals surface area contributed by atoms with E-state index in [1.165, 1.54) is 0 Å². The van der Waals surface area contributed by atoms with Crippen LogP contribution in [-0.2, 0) is 4.79 Å². The fraction of sp³-hybridized carbons (Fsp3) is 0.857. The van der Waals surface area contributed by atoms with Crippen molar-refractivity contribution in [3.05, 3.63) is 0 Å². The van der Waals surface area contributed by atoms with Crippen LogP contribution in [0, 0.1) is 0 Å². The molecule has 3 nitrogen and oxygen atoms in total. The summed E-state index contributed by atoms with van der Waals surface area (Å²) in [5.41, 5.74) is 0. The van der Waals surface area contributed by atoms with Crippen molar-refractivity contribution in [3.8, 4) is 0 Å². The highest BCUT2D eigenvalue weighted by Gasteiger charge is 2.19. The number of carbonyl (C=O) groups excluding carboxylic acids is 1. The molecule has 2 unspecified atom stereocenters. The molecule has 0 aromatic rings. The van der Waals surface area contributed by atoms with Crippen molar-refractivity contribution in [1.29, 1.82) is 0 Å². The molecule has 0 saturated heterocycles. The molecule has 0 aromatic carbocycles. The van der Waals surface area contributed by atoms with Gasteiger partial charge in [0, 0.05) is 6.54 Å². The van der Waals surface area contributed by atoms with Gasteiger partial charge in [0.05, 0.1) is 4.83 Å². The van der Waals surface area contributed by atoms with Gasteiger partial charge in [-0.25, -0.2) is 8.78 Å². The van der Waals surface area contributed by atoms with Crippen molar-refractivity contribution in [2.24, 2.45) is 0 Å². The first kappa shape index (κ1) is 12.8. The van der Waals surface area contributed by atoms with Crippen LogP contribution in [0.3, 0.4) is 0 Å². The Morgan fingerprint density at radius 2 is 2.15 bits per heavy atom. The van der Waals surface area contributed by atoms with Gasteiger partial charge in [0.15, 0.2) is 0 Å². The Morgan fingerprint density at radius 1 is 1.62 bits per heavy atom. The summed E-state index contributed by atoms with van der Waals surface area (Å²) in [5.74, 6) is -0.387. The lowest BCUT2D eigenvalue weighted by molar-refractivity contribution is -0.121. The standard InChI is InChI=1S/C7H12BrF2NO2/c1-2-4(8)7(13)11-3-5(12)6(9)10/h4-6,12H,2-3H2,1H3,(H,11,13). The van der Waals surface area contributed by atoms with Crippen LogP contribution in [0.5, 0.6) is 0 Å². The molecule has 2 atom stereocenters. The molecule has 0 radical (unpaired) electrons. The van der Waals surface area contributed by atoms with Gasteiger partial charge in [-0.3, -0.25) is 4.79 Å². The monoisotopic (exact) mass is 259 g/mol. The van der Waals surface area contributed by atoms with Crippen molar-refractivity contribution in [1.82, 2.24) is 5.32 Å². The summed E-state index contributed by atoms with van der Waals surface area (Å²) >= 11 is 3.05. The molecule has 78 valence electrons. The first-order valence-corrected chi connectivity index (χ1v) is 4.78. The van der Waals surface area contributed by atoms with Crippen molar-refractivity contribution >= 4 is 21.8 Å². The zero-order valence-corrected chi connectivity index (χ0v) is 8.72. The Kier molecular flexibility index (Phi) is 6.15. The van der Waals surface area contributed by atoms with Gasteiger partial charge >= 0.3 is 0 Å². The predicted octanol–water partition coefficient (Wildman–Crippen LogP) is 0.902. The minimum atomic E-state index is -2.82. The molecule has 0 aliphatic carbocycles. The first-order valence-electron chi connectivity index (χ1n) is 3.87. The summed E-state index contributed by atoms with van der Waals surface area (Å²) in [4.78, 5) is 10.6. The van der Waals surface area contributed by atoms with Gasteiger partial charge in [0.2, 0.25) is 5.91 Å². The molecule has 0 aliphatic rings. The molecule has 0 saturated carbocycles. The minimum absolute atomic E-state index is 0.387. The topological polar surface area (TPSA) is 49.3 Å². The van der Waals surface area contributed by atoms with Gasteiger partial charge in [-0.15, -0.1) is 0 Å². The lowest BCUT2D eigenvalue weighted by Gasteiger charge is -2.12. The Hall–Kier alpha value is -0.230. The molecule has 13 heavy (non-hydrogen) atoms. The van der Waals surface area contributed by atoms with E-state index in [2.05, 4.69) is 21.2 Å². The van der Waals surface area contributed by atoms with E-state index in [1.807, 2.05) is 0 Å². The number of nitrogens with one attached hydrogen (secondary N) is 1. The maximum atomic E-state index is 11.7. The summed E-state index contributed by atoms with van der Waals surface area (Å²) in [6, 6.07) is 0. The van der Waals surface area contributed by atoms with E-state index < -0.39 is 23.9 Å². The highest BCUT2D eigenvalue weighted by molar-refractivity contribution is 9.10. The molecule has 0 aromatic heterocycles. The predicted molar refractivity (Wildman–Crippen MR) is 48.0 cm³/mol. The summed E-state index contributed by atoms with van der Waals surface area (Å²) in [5, 5.41) is 10.8. The van der Waals surface area contributed by atoms with Gasteiger partial charge in [-0.05, 0) is 6.42 Å². The Labute approximate surface area is 83.6 Å². The Morgan fingerprint density at radius 3 is 2.54 bits per heavy atom. The zero-order valence-electron chi connectivity index (χ0n) is 7.14. The molecule has 1 amide bonds. The van der Waals surface area contributed by atoms with Crippen LogP contribution in [0.4, 0.5) is 8.78 Å². The first-order chi connectivity index (χ1) is 5.99.